The van der Waals surface area contributed by atoms with Gasteiger partial charge in [-0.05, 0) is 48.9 Å². The second-order valence-corrected chi connectivity index (χ2v) is 7.82. The number of unbranched alkanes of at least 4 members (excludes halogenated alkanes) is 1. The molecule has 0 unspecified atom stereocenters. The number of amides is 3. The second kappa shape index (κ2) is 9.38. The van der Waals surface area contributed by atoms with Crippen LogP contribution in [-0.2, 0) is 10.0 Å². The van der Waals surface area contributed by atoms with Crippen molar-refractivity contribution in [2.24, 2.45) is 0 Å². The summed E-state index contributed by atoms with van der Waals surface area (Å²) in [5.74, 6) is -0.374. The highest BCUT2D eigenvalue weighted by Crippen LogP contribution is 2.16. The molecule has 3 N–H and O–H groups in total. The number of nitrogens with one attached hydrogen (secondary N) is 3. The van der Waals surface area contributed by atoms with Crippen LogP contribution in [0.3, 0.4) is 0 Å². The van der Waals surface area contributed by atoms with E-state index in [4.69, 9.17) is 11.6 Å². The summed E-state index contributed by atoms with van der Waals surface area (Å²) in [6.45, 7) is 2.36. The molecule has 0 fully saturated rings. The predicted molar refractivity (Wildman–Crippen MR) is 104 cm³/mol. The summed E-state index contributed by atoms with van der Waals surface area (Å²) < 4.78 is 26.3. The van der Waals surface area contributed by atoms with Crippen molar-refractivity contribution in [3.63, 3.8) is 0 Å². The Hall–Kier alpha value is -2.58. The molecule has 0 radical (unpaired) electrons. The zero-order chi connectivity index (χ0) is 19.9. The number of urea groups is 1. The van der Waals surface area contributed by atoms with Gasteiger partial charge in [0, 0.05) is 22.8 Å². The number of halogens is 1. The monoisotopic (exact) mass is 409 g/mol. The molecular weight excluding hydrogens is 390 g/mol. The average Bonchev–Trinajstić information content (AvgIpc) is 2.62. The van der Waals surface area contributed by atoms with Crippen LogP contribution in [0.2, 0.25) is 5.02 Å². The van der Waals surface area contributed by atoms with E-state index in [1.165, 1.54) is 30.3 Å². The van der Waals surface area contributed by atoms with Crippen molar-refractivity contribution >= 4 is 39.2 Å². The minimum absolute atomic E-state index is 0.0890. The molecule has 144 valence electrons. The summed E-state index contributed by atoms with van der Waals surface area (Å²) in [4.78, 5) is 23.7. The molecule has 2 aromatic rings. The standard InChI is InChI=1S/C18H20ClN3O4S/c1-2-3-11-20-18(24)22-27(25,26)16-9-7-15(8-10-16)21-17(23)13-5-4-6-14(19)12-13/h4-10,12H,2-3,11H2,1H3,(H,21,23)(H2,20,22,24). The van der Waals surface area contributed by atoms with Crippen LogP contribution in [0.15, 0.2) is 53.4 Å². The molecule has 3 amide bonds. The molecule has 2 aromatic carbocycles. The van der Waals surface area contributed by atoms with Crippen molar-refractivity contribution in [3.05, 3.63) is 59.1 Å². The van der Waals surface area contributed by atoms with Gasteiger partial charge in [-0.25, -0.2) is 17.9 Å². The van der Waals surface area contributed by atoms with Gasteiger partial charge in [0.25, 0.3) is 15.9 Å². The van der Waals surface area contributed by atoms with Crippen molar-refractivity contribution in [3.8, 4) is 0 Å². The first-order chi connectivity index (χ1) is 12.8. The lowest BCUT2D eigenvalue weighted by Gasteiger charge is -2.10. The van der Waals surface area contributed by atoms with Gasteiger partial charge in [-0.2, -0.15) is 0 Å². The van der Waals surface area contributed by atoms with E-state index in [9.17, 15) is 18.0 Å². The van der Waals surface area contributed by atoms with E-state index in [0.29, 0.717) is 22.8 Å². The molecule has 0 spiro atoms. The average molecular weight is 410 g/mol. The van der Waals surface area contributed by atoms with Gasteiger partial charge in [0.1, 0.15) is 0 Å². The number of sulfonamides is 1. The smallest absolute Gasteiger partial charge is 0.328 e. The van der Waals surface area contributed by atoms with E-state index in [0.717, 1.165) is 12.8 Å². The van der Waals surface area contributed by atoms with Crippen LogP contribution in [0.4, 0.5) is 10.5 Å². The molecule has 0 atom stereocenters. The quantitative estimate of drug-likeness (QED) is 0.609. The first kappa shape index (κ1) is 20.7. The summed E-state index contributed by atoms with van der Waals surface area (Å²) in [6.07, 6.45) is 1.64. The zero-order valence-corrected chi connectivity index (χ0v) is 16.2. The van der Waals surface area contributed by atoms with E-state index in [-0.39, 0.29) is 10.8 Å². The number of anilines is 1. The number of hydrogen-bond acceptors (Lipinski definition) is 4. The topological polar surface area (TPSA) is 104 Å². The molecule has 0 saturated carbocycles. The van der Waals surface area contributed by atoms with E-state index in [1.807, 2.05) is 11.6 Å². The van der Waals surface area contributed by atoms with E-state index in [2.05, 4.69) is 10.6 Å². The van der Waals surface area contributed by atoms with Gasteiger partial charge in [0.15, 0.2) is 0 Å². The Morgan fingerprint density at radius 1 is 1.07 bits per heavy atom. The lowest BCUT2D eigenvalue weighted by atomic mass is 10.2. The largest absolute Gasteiger partial charge is 0.337 e. The normalized spacial score (nSPS) is 10.9. The first-order valence-corrected chi connectivity index (χ1v) is 10.2. The zero-order valence-electron chi connectivity index (χ0n) is 14.7. The lowest BCUT2D eigenvalue weighted by Crippen LogP contribution is -2.39. The Bertz CT molecular complexity index is 914. The number of rotatable bonds is 7. The van der Waals surface area contributed by atoms with Gasteiger partial charge in [0.2, 0.25) is 0 Å². The minimum atomic E-state index is -3.99. The maximum absolute atomic E-state index is 12.2. The molecule has 9 heteroatoms. The van der Waals surface area contributed by atoms with Gasteiger partial charge >= 0.3 is 6.03 Å². The van der Waals surface area contributed by atoms with Gasteiger partial charge in [-0.15, -0.1) is 0 Å². The Morgan fingerprint density at radius 2 is 1.78 bits per heavy atom. The third kappa shape index (κ3) is 6.26. The van der Waals surface area contributed by atoms with Crippen LogP contribution < -0.4 is 15.4 Å². The minimum Gasteiger partial charge on any atom is -0.337 e. The maximum Gasteiger partial charge on any atom is 0.328 e. The highest BCUT2D eigenvalue weighted by molar-refractivity contribution is 7.90. The van der Waals surface area contributed by atoms with Crippen molar-refractivity contribution in [1.82, 2.24) is 10.0 Å². The molecule has 0 aliphatic rings. The molecule has 27 heavy (non-hydrogen) atoms. The molecule has 0 saturated heterocycles. The van der Waals surface area contributed by atoms with Crippen LogP contribution in [0.5, 0.6) is 0 Å². The predicted octanol–water partition coefficient (Wildman–Crippen LogP) is 3.38. The fourth-order valence-electron chi connectivity index (χ4n) is 2.15. The van der Waals surface area contributed by atoms with Crippen molar-refractivity contribution < 1.29 is 18.0 Å². The summed E-state index contributed by atoms with van der Waals surface area (Å²) in [5.41, 5.74) is 0.788. The maximum atomic E-state index is 12.2. The second-order valence-electron chi connectivity index (χ2n) is 5.70. The van der Waals surface area contributed by atoms with Crippen molar-refractivity contribution in [1.29, 1.82) is 0 Å². The molecule has 0 aromatic heterocycles. The summed E-state index contributed by atoms with van der Waals surface area (Å²) >= 11 is 5.86. The van der Waals surface area contributed by atoms with Gasteiger partial charge in [-0.1, -0.05) is 31.0 Å². The Kier molecular flexibility index (Phi) is 7.20. The molecule has 0 aliphatic heterocycles. The summed E-state index contributed by atoms with van der Waals surface area (Å²) in [6, 6.07) is 11.1. The van der Waals surface area contributed by atoms with E-state index >= 15 is 0 Å². The molecule has 7 nitrogen and oxygen atoms in total. The fraction of sp³-hybridized carbons (Fsp3) is 0.222. The Morgan fingerprint density at radius 3 is 2.41 bits per heavy atom. The Balaban J connectivity index is 2.01. The van der Waals surface area contributed by atoms with Crippen molar-refractivity contribution in [2.45, 2.75) is 24.7 Å². The van der Waals surface area contributed by atoms with Crippen LogP contribution in [0, 0.1) is 0 Å². The van der Waals surface area contributed by atoms with Crippen molar-refractivity contribution in [2.75, 3.05) is 11.9 Å². The molecule has 0 heterocycles. The van der Waals surface area contributed by atoms with E-state index < -0.39 is 16.1 Å². The third-order valence-corrected chi connectivity index (χ3v) is 5.13. The molecular formula is C18H20ClN3O4S. The number of carbonyl (C=O) groups is 2. The number of benzene rings is 2. The van der Waals surface area contributed by atoms with Gasteiger partial charge in [-0.3, -0.25) is 4.79 Å². The highest BCUT2D eigenvalue weighted by Gasteiger charge is 2.17. The van der Waals surface area contributed by atoms with Gasteiger partial charge < -0.3 is 10.6 Å². The van der Waals surface area contributed by atoms with Crippen LogP contribution in [0.1, 0.15) is 30.1 Å². The summed E-state index contributed by atoms with van der Waals surface area (Å²) in [5, 5.41) is 5.56. The Labute approximate surface area is 163 Å². The fourth-order valence-corrected chi connectivity index (χ4v) is 3.26. The molecule has 0 bridgehead atoms. The van der Waals surface area contributed by atoms with E-state index in [1.54, 1.807) is 18.2 Å². The van der Waals surface area contributed by atoms with Crippen LogP contribution >= 0.6 is 11.6 Å². The summed E-state index contributed by atoms with van der Waals surface area (Å²) in [7, 11) is -3.99. The number of hydrogen-bond donors (Lipinski definition) is 3. The van der Waals surface area contributed by atoms with Crippen LogP contribution in [-0.4, -0.2) is 26.9 Å². The SMILES string of the molecule is CCCCNC(=O)NS(=O)(=O)c1ccc(NC(=O)c2cccc(Cl)c2)cc1. The lowest BCUT2D eigenvalue weighted by molar-refractivity contribution is 0.102. The molecule has 2 rings (SSSR count). The first-order valence-electron chi connectivity index (χ1n) is 8.29. The number of carbonyl (C=O) groups excluding carboxylic acids is 2. The third-order valence-electron chi connectivity index (χ3n) is 3.55. The highest BCUT2D eigenvalue weighted by atomic mass is 35.5. The van der Waals surface area contributed by atoms with Gasteiger partial charge in [0.05, 0.1) is 4.90 Å². The molecule has 0 aliphatic carbocycles. The van der Waals surface area contributed by atoms with Crippen LogP contribution in [0.25, 0.3) is 0 Å².